The second kappa shape index (κ2) is 8.10. The van der Waals surface area contributed by atoms with Crippen LogP contribution in [0.1, 0.15) is 30.7 Å². The number of fused-ring (bicyclic) bond motifs is 1. The second-order valence-corrected chi connectivity index (χ2v) is 7.88. The predicted molar refractivity (Wildman–Crippen MR) is 115 cm³/mol. The van der Waals surface area contributed by atoms with Gasteiger partial charge in [-0.05, 0) is 30.5 Å². The summed E-state index contributed by atoms with van der Waals surface area (Å²) in [6.45, 7) is 7.18. The van der Waals surface area contributed by atoms with Gasteiger partial charge in [-0.3, -0.25) is 14.5 Å². The van der Waals surface area contributed by atoms with Crippen LogP contribution in [-0.4, -0.2) is 43.7 Å². The number of carbonyl (C=O) groups is 1. The van der Waals surface area contributed by atoms with Gasteiger partial charge < -0.3 is 15.5 Å². The van der Waals surface area contributed by atoms with Gasteiger partial charge in [0.05, 0.1) is 18.4 Å². The highest BCUT2D eigenvalue weighted by Gasteiger charge is 2.35. The number of amides is 1. The first-order valence-electron chi connectivity index (χ1n) is 9.99. The Bertz CT molecular complexity index is 1050. The first-order chi connectivity index (χ1) is 14.4. The molecule has 1 atom stereocenters. The van der Waals surface area contributed by atoms with Crippen LogP contribution < -0.4 is 15.5 Å². The maximum Gasteiger partial charge on any atom is 0.247 e. The SMILES string of the molecule is Cc1nc(NCc2cnn(Cc3ccncc3)c2)nc2c1NC(=O)[C@H](C(C)C)N2C. The molecule has 0 unspecified atom stereocenters. The maximum absolute atomic E-state index is 12.5. The molecule has 0 radical (unpaired) electrons. The fourth-order valence-electron chi connectivity index (χ4n) is 3.73. The number of nitrogens with zero attached hydrogens (tertiary/aromatic N) is 6. The molecule has 156 valence electrons. The lowest BCUT2D eigenvalue weighted by molar-refractivity contribution is -0.118. The minimum atomic E-state index is -0.258. The third-order valence-corrected chi connectivity index (χ3v) is 5.20. The maximum atomic E-state index is 12.5. The fourth-order valence-corrected chi connectivity index (χ4v) is 3.73. The van der Waals surface area contributed by atoms with Crippen molar-refractivity contribution in [3.05, 3.63) is 53.7 Å². The fraction of sp³-hybridized carbons (Fsp3) is 0.381. The number of hydrogen-bond acceptors (Lipinski definition) is 7. The van der Waals surface area contributed by atoms with E-state index in [1.54, 1.807) is 12.4 Å². The van der Waals surface area contributed by atoms with Crippen LogP contribution in [0, 0.1) is 12.8 Å². The van der Waals surface area contributed by atoms with E-state index in [4.69, 9.17) is 0 Å². The summed E-state index contributed by atoms with van der Waals surface area (Å²) in [6, 6.07) is 3.69. The number of hydrogen-bond donors (Lipinski definition) is 2. The van der Waals surface area contributed by atoms with Crippen LogP contribution in [0.5, 0.6) is 0 Å². The molecule has 1 aliphatic rings. The van der Waals surface area contributed by atoms with Crippen LogP contribution in [-0.2, 0) is 17.9 Å². The lowest BCUT2D eigenvalue weighted by Crippen LogP contribution is -2.49. The number of rotatable bonds is 6. The van der Waals surface area contributed by atoms with Gasteiger partial charge in [0.25, 0.3) is 0 Å². The van der Waals surface area contributed by atoms with E-state index >= 15 is 0 Å². The number of anilines is 3. The molecule has 4 rings (SSSR count). The average molecular weight is 406 g/mol. The molecule has 0 aliphatic carbocycles. The summed E-state index contributed by atoms with van der Waals surface area (Å²) in [4.78, 5) is 27.6. The van der Waals surface area contributed by atoms with Crippen molar-refractivity contribution in [2.75, 3.05) is 22.6 Å². The van der Waals surface area contributed by atoms with Crippen molar-refractivity contribution in [2.24, 2.45) is 5.92 Å². The number of aryl methyl sites for hydroxylation is 1. The van der Waals surface area contributed by atoms with Crippen LogP contribution in [0.25, 0.3) is 0 Å². The Kier molecular flexibility index (Phi) is 5.35. The molecule has 3 aromatic rings. The van der Waals surface area contributed by atoms with Gasteiger partial charge >= 0.3 is 0 Å². The molecule has 0 saturated carbocycles. The smallest absolute Gasteiger partial charge is 0.247 e. The molecular weight excluding hydrogens is 380 g/mol. The summed E-state index contributed by atoms with van der Waals surface area (Å²) >= 11 is 0. The monoisotopic (exact) mass is 406 g/mol. The molecule has 9 heteroatoms. The highest BCUT2D eigenvalue weighted by Crippen LogP contribution is 2.34. The van der Waals surface area contributed by atoms with E-state index in [9.17, 15) is 4.79 Å². The minimum Gasteiger partial charge on any atom is -0.350 e. The summed E-state index contributed by atoms with van der Waals surface area (Å²) in [5.41, 5.74) is 3.59. The number of likely N-dealkylation sites (N-methyl/N-ethyl adjacent to an activating group) is 1. The first kappa shape index (κ1) is 19.8. The molecule has 30 heavy (non-hydrogen) atoms. The Morgan fingerprint density at radius 2 is 1.97 bits per heavy atom. The molecule has 0 aromatic carbocycles. The molecular formula is C21H26N8O. The Hall–Kier alpha value is -3.49. The van der Waals surface area contributed by atoms with Crippen LogP contribution in [0.2, 0.25) is 0 Å². The Labute approximate surface area is 175 Å². The standard InChI is InChI=1S/C21H26N8O/c1-13(2)18-20(30)26-17-14(3)25-21(27-19(17)28(18)4)23-9-16-10-24-29(12-16)11-15-5-7-22-8-6-15/h5-8,10,12-13,18H,9,11H2,1-4H3,(H,26,30)(H,23,25,27)/t18-/m0/s1. The van der Waals surface area contributed by atoms with Crippen LogP contribution in [0.4, 0.5) is 17.5 Å². The lowest BCUT2D eigenvalue weighted by Gasteiger charge is -2.36. The van der Waals surface area contributed by atoms with Crippen molar-refractivity contribution in [2.45, 2.75) is 39.9 Å². The van der Waals surface area contributed by atoms with E-state index in [2.05, 4.69) is 30.7 Å². The van der Waals surface area contributed by atoms with Crippen LogP contribution >= 0.6 is 0 Å². The van der Waals surface area contributed by atoms with Crippen LogP contribution in [0.15, 0.2) is 36.9 Å². The molecule has 9 nitrogen and oxygen atoms in total. The van der Waals surface area contributed by atoms with Crippen molar-refractivity contribution in [1.82, 2.24) is 24.7 Å². The summed E-state index contributed by atoms with van der Waals surface area (Å²) in [7, 11) is 1.90. The van der Waals surface area contributed by atoms with Gasteiger partial charge in [-0.2, -0.15) is 10.1 Å². The van der Waals surface area contributed by atoms with Crippen molar-refractivity contribution in [3.63, 3.8) is 0 Å². The first-order valence-corrected chi connectivity index (χ1v) is 9.99. The van der Waals surface area contributed by atoms with Gasteiger partial charge in [0.2, 0.25) is 11.9 Å². The van der Waals surface area contributed by atoms with Gasteiger partial charge in [0.15, 0.2) is 5.82 Å². The molecule has 0 saturated heterocycles. The van der Waals surface area contributed by atoms with Crippen molar-refractivity contribution < 1.29 is 4.79 Å². The van der Waals surface area contributed by atoms with Crippen molar-refractivity contribution >= 4 is 23.4 Å². The Morgan fingerprint density at radius 3 is 2.70 bits per heavy atom. The van der Waals surface area contributed by atoms with Gasteiger partial charge in [-0.15, -0.1) is 0 Å². The van der Waals surface area contributed by atoms with E-state index in [0.29, 0.717) is 24.7 Å². The number of aromatic nitrogens is 5. The third kappa shape index (κ3) is 3.96. The van der Waals surface area contributed by atoms with E-state index in [1.807, 2.05) is 61.9 Å². The predicted octanol–water partition coefficient (Wildman–Crippen LogP) is 2.45. The molecule has 3 aromatic heterocycles. The molecule has 0 spiro atoms. The molecule has 2 N–H and O–H groups in total. The summed E-state index contributed by atoms with van der Waals surface area (Å²) in [5, 5.41) is 10.7. The van der Waals surface area contributed by atoms with E-state index in [1.165, 1.54) is 0 Å². The lowest BCUT2D eigenvalue weighted by atomic mass is 9.99. The topological polar surface area (TPSA) is 101 Å². The van der Waals surface area contributed by atoms with E-state index in [0.717, 1.165) is 22.6 Å². The quantitative estimate of drug-likeness (QED) is 0.648. The third-order valence-electron chi connectivity index (χ3n) is 5.20. The highest BCUT2D eigenvalue weighted by molar-refractivity contribution is 6.03. The van der Waals surface area contributed by atoms with Gasteiger partial charge in [-0.25, -0.2) is 4.98 Å². The molecule has 1 amide bonds. The molecule has 0 fully saturated rings. The van der Waals surface area contributed by atoms with Gasteiger partial charge in [0, 0.05) is 37.7 Å². The zero-order valence-electron chi connectivity index (χ0n) is 17.6. The molecule has 4 heterocycles. The minimum absolute atomic E-state index is 0.0194. The Morgan fingerprint density at radius 1 is 1.20 bits per heavy atom. The number of pyridine rings is 1. The molecule has 0 bridgehead atoms. The largest absolute Gasteiger partial charge is 0.350 e. The Balaban J connectivity index is 1.47. The van der Waals surface area contributed by atoms with Gasteiger partial charge in [-0.1, -0.05) is 13.8 Å². The number of carbonyl (C=O) groups excluding carboxylic acids is 1. The highest BCUT2D eigenvalue weighted by atomic mass is 16.2. The van der Waals surface area contributed by atoms with Crippen molar-refractivity contribution in [3.8, 4) is 0 Å². The zero-order valence-corrected chi connectivity index (χ0v) is 17.6. The normalized spacial score (nSPS) is 15.8. The van der Waals surface area contributed by atoms with Gasteiger partial charge in [0.1, 0.15) is 11.7 Å². The summed E-state index contributed by atoms with van der Waals surface area (Å²) < 4.78 is 1.89. The second-order valence-electron chi connectivity index (χ2n) is 7.88. The van der Waals surface area contributed by atoms with E-state index < -0.39 is 0 Å². The van der Waals surface area contributed by atoms with E-state index in [-0.39, 0.29) is 17.9 Å². The average Bonchev–Trinajstić information content (AvgIpc) is 3.15. The number of nitrogens with one attached hydrogen (secondary N) is 2. The van der Waals surface area contributed by atoms with Crippen LogP contribution in [0.3, 0.4) is 0 Å². The zero-order chi connectivity index (χ0) is 21.3. The summed E-state index contributed by atoms with van der Waals surface area (Å²) in [5.74, 6) is 1.41. The molecule has 1 aliphatic heterocycles. The van der Waals surface area contributed by atoms with Crippen molar-refractivity contribution in [1.29, 1.82) is 0 Å². The summed E-state index contributed by atoms with van der Waals surface area (Å²) in [6.07, 6.45) is 7.39.